The van der Waals surface area contributed by atoms with Crippen LogP contribution in [0, 0.1) is 0 Å². The van der Waals surface area contributed by atoms with E-state index < -0.39 is 0 Å². The maximum atomic E-state index is 12.8. The molecule has 0 N–H and O–H groups in total. The number of rotatable bonds is 9. The molecule has 0 saturated heterocycles. The van der Waals surface area contributed by atoms with E-state index in [0.717, 1.165) is 17.9 Å². The Hall–Kier alpha value is -3.85. The monoisotopic (exact) mass is 464 g/mol. The molecule has 3 heteroatoms. The van der Waals surface area contributed by atoms with Gasteiger partial charge in [0.1, 0.15) is 17.2 Å². The number of aryl methyl sites for hydroxylation is 1. The van der Waals surface area contributed by atoms with E-state index in [1.54, 1.807) is 0 Å². The van der Waals surface area contributed by atoms with Crippen LogP contribution in [0.3, 0.4) is 0 Å². The fraction of sp³-hybridized carbons (Fsp3) is 0.219. The Morgan fingerprint density at radius 2 is 1.06 bits per heavy atom. The highest BCUT2D eigenvalue weighted by Gasteiger charge is 2.23. The normalized spacial score (nSPS) is 11.2. The lowest BCUT2D eigenvalue weighted by molar-refractivity contribution is 0.103. The van der Waals surface area contributed by atoms with Gasteiger partial charge in [0.2, 0.25) is 0 Å². The molecule has 0 unspecified atom stereocenters. The van der Waals surface area contributed by atoms with Crippen LogP contribution < -0.4 is 9.47 Å². The van der Waals surface area contributed by atoms with Crippen molar-refractivity contribution in [1.29, 1.82) is 0 Å². The molecule has 0 aliphatic heterocycles. The molecule has 0 heterocycles. The number of carbonyl (C=O) groups is 1. The lowest BCUT2D eigenvalue weighted by atomic mass is 9.78. The summed E-state index contributed by atoms with van der Waals surface area (Å²) in [6, 6.07) is 31.6. The van der Waals surface area contributed by atoms with Crippen molar-refractivity contribution in [3.05, 3.63) is 125 Å². The van der Waals surface area contributed by atoms with Crippen LogP contribution in [-0.2, 0) is 11.8 Å². The molecule has 0 bridgehead atoms. The summed E-state index contributed by atoms with van der Waals surface area (Å²) in [5.74, 6) is 2.35. The summed E-state index contributed by atoms with van der Waals surface area (Å²) < 4.78 is 11.6. The zero-order valence-electron chi connectivity index (χ0n) is 20.9. The SMILES string of the molecule is CCOc1ccc(C(C)(C)c2ccc(Oc3ccc(C(=O)c4ccc(CC)cc4)cc3)cc2)cc1. The summed E-state index contributed by atoms with van der Waals surface area (Å²) in [5, 5.41) is 0. The molecular formula is C32H32O3. The molecule has 0 saturated carbocycles. The summed E-state index contributed by atoms with van der Waals surface area (Å²) in [6.07, 6.45) is 0.959. The van der Waals surface area contributed by atoms with Crippen molar-refractivity contribution < 1.29 is 14.3 Å². The Bertz CT molecular complexity index is 1250. The van der Waals surface area contributed by atoms with Crippen LogP contribution in [0.1, 0.15) is 60.3 Å². The molecule has 0 fully saturated rings. The zero-order valence-corrected chi connectivity index (χ0v) is 20.9. The van der Waals surface area contributed by atoms with Gasteiger partial charge in [-0.15, -0.1) is 0 Å². The first-order valence-electron chi connectivity index (χ1n) is 12.2. The fourth-order valence-corrected chi connectivity index (χ4v) is 4.11. The average Bonchev–Trinajstić information content (AvgIpc) is 2.90. The van der Waals surface area contributed by atoms with Crippen molar-refractivity contribution in [2.24, 2.45) is 0 Å². The summed E-state index contributed by atoms with van der Waals surface area (Å²) in [6.45, 7) is 9.18. The molecule has 0 aliphatic carbocycles. The first-order chi connectivity index (χ1) is 16.9. The van der Waals surface area contributed by atoms with Crippen LogP contribution in [0.5, 0.6) is 17.2 Å². The van der Waals surface area contributed by atoms with Gasteiger partial charge in [0.25, 0.3) is 0 Å². The predicted molar refractivity (Wildman–Crippen MR) is 142 cm³/mol. The number of carbonyl (C=O) groups excluding carboxylic acids is 1. The first-order valence-corrected chi connectivity index (χ1v) is 12.2. The minimum Gasteiger partial charge on any atom is -0.494 e. The second kappa shape index (κ2) is 10.6. The third-order valence-electron chi connectivity index (χ3n) is 6.44. The highest BCUT2D eigenvalue weighted by molar-refractivity contribution is 6.09. The van der Waals surface area contributed by atoms with E-state index in [2.05, 4.69) is 45.0 Å². The Kier molecular flexibility index (Phi) is 7.36. The largest absolute Gasteiger partial charge is 0.494 e. The second-order valence-corrected chi connectivity index (χ2v) is 9.11. The summed E-state index contributed by atoms with van der Waals surface area (Å²) in [4.78, 5) is 12.8. The second-order valence-electron chi connectivity index (χ2n) is 9.11. The summed E-state index contributed by atoms with van der Waals surface area (Å²) in [7, 11) is 0. The van der Waals surface area contributed by atoms with E-state index in [-0.39, 0.29) is 11.2 Å². The number of benzene rings is 4. The van der Waals surface area contributed by atoms with Crippen LogP contribution in [0.2, 0.25) is 0 Å². The Morgan fingerprint density at radius 3 is 1.51 bits per heavy atom. The van der Waals surface area contributed by atoms with Gasteiger partial charge >= 0.3 is 0 Å². The van der Waals surface area contributed by atoms with Gasteiger partial charge in [0.05, 0.1) is 6.61 Å². The predicted octanol–water partition coefficient (Wildman–Crippen LogP) is 8.00. The van der Waals surface area contributed by atoms with Crippen molar-refractivity contribution in [3.8, 4) is 17.2 Å². The minimum absolute atomic E-state index is 0.0140. The number of ether oxygens (including phenoxy) is 2. The maximum Gasteiger partial charge on any atom is 0.193 e. The third-order valence-corrected chi connectivity index (χ3v) is 6.44. The topological polar surface area (TPSA) is 35.5 Å². The van der Waals surface area contributed by atoms with E-state index in [4.69, 9.17) is 9.47 Å². The van der Waals surface area contributed by atoms with Gasteiger partial charge in [-0.1, -0.05) is 69.3 Å². The summed E-state index contributed by atoms with van der Waals surface area (Å²) in [5.41, 5.74) is 4.83. The molecule has 0 atom stereocenters. The lowest BCUT2D eigenvalue weighted by Gasteiger charge is -2.26. The number of ketones is 1. The Morgan fingerprint density at radius 1 is 0.629 bits per heavy atom. The standard InChI is InChI=1S/C32H32O3/c1-5-23-7-9-24(10-8-23)31(33)25-11-17-29(18-12-25)35-30-21-15-27(16-22-30)32(3,4)26-13-19-28(20-14-26)34-6-2/h7-22H,5-6H2,1-4H3. The lowest BCUT2D eigenvalue weighted by Crippen LogP contribution is -2.18. The highest BCUT2D eigenvalue weighted by Crippen LogP contribution is 2.34. The van der Waals surface area contributed by atoms with Gasteiger partial charge < -0.3 is 9.47 Å². The van der Waals surface area contributed by atoms with Crippen LogP contribution >= 0.6 is 0 Å². The van der Waals surface area contributed by atoms with Crippen molar-refractivity contribution in [2.75, 3.05) is 6.61 Å². The molecule has 4 aromatic rings. The van der Waals surface area contributed by atoms with Crippen LogP contribution in [0.25, 0.3) is 0 Å². The fourth-order valence-electron chi connectivity index (χ4n) is 4.11. The van der Waals surface area contributed by atoms with E-state index in [1.807, 2.05) is 79.7 Å². The molecule has 0 aliphatic rings. The molecule has 178 valence electrons. The molecule has 4 rings (SSSR count). The van der Waals surface area contributed by atoms with E-state index >= 15 is 0 Å². The van der Waals surface area contributed by atoms with Crippen molar-refractivity contribution >= 4 is 5.78 Å². The van der Waals surface area contributed by atoms with Gasteiger partial charge in [-0.25, -0.2) is 0 Å². The molecule has 0 aromatic heterocycles. The number of hydrogen-bond acceptors (Lipinski definition) is 3. The molecular weight excluding hydrogens is 432 g/mol. The zero-order chi connectivity index (χ0) is 24.8. The van der Waals surface area contributed by atoms with Gasteiger partial charge in [-0.05, 0) is 78.6 Å². The van der Waals surface area contributed by atoms with E-state index in [9.17, 15) is 4.79 Å². The molecule has 0 amide bonds. The smallest absolute Gasteiger partial charge is 0.193 e. The van der Waals surface area contributed by atoms with E-state index in [1.165, 1.54) is 16.7 Å². The van der Waals surface area contributed by atoms with E-state index in [0.29, 0.717) is 23.5 Å². The highest BCUT2D eigenvalue weighted by atomic mass is 16.5. The third kappa shape index (κ3) is 5.63. The quantitative estimate of drug-likeness (QED) is 0.235. The van der Waals surface area contributed by atoms with Crippen molar-refractivity contribution in [1.82, 2.24) is 0 Å². The van der Waals surface area contributed by atoms with Gasteiger partial charge in [-0.2, -0.15) is 0 Å². The molecule has 0 radical (unpaired) electrons. The maximum absolute atomic E-state index is 12.8. The molecule has 35 heavy (non-hydrogen) atoms. The minimum atomic E-state index is -0.152. The average molecular weight is 465 g/mol. The molecule has 3 nitrogen and oxygen atoms in total. The van der Waals surface area contributed by atoms with Gasteiger partial charge in [0.15, 0.2) is 5.78 Å². The van der Waals surface area contributed by atoms with Gasteiger partial charge in [0, 0.05) is 16.5 Å². The van der Waals surface area contributed by atoms with Crippen molar-refractivity contribution in [3.63, 3.8) is 0 Å². The Labute approximate surface area is 208 Å². The van der Waals surface area contributed by atoms with Crippen LogP contribution in [0.15, 0.2) is 97.1 Å². The van der Waals surface area contributed by atoms with Crippen LogP contribution in [0.4, 0.5) is 0 Å². The summed E-state index contributed by atoms with van der Waals surface area (Å²) >= 11 is 0. The van der Waals surface area contributed by atoms with Gasteiger partial charge in [-0.3, -0.25) is 4.79 Å². The molecule has 4 aromatic carbocycles. The van der Waals surface area contributed by atoms with Crippen LogP contribution in [-0.4, -0.2) is 12.4 Å². The first kappa shape index (κ1) is 24.3. The van der Waals surface area contributed by atoms with Crippen molar-refractivity contribution in [2.45, 2.75) is 39.5 Å². The molecule has 0 spiro atoms. The Balaban J connectivity index is 1.43. The number of hydrogen-bond donors (Lipinski definition) is 0.